The molecule has 0 spiro atoms. The first kappa shape index (κ1) is 10.5. The molecule has 3 N–H and O–H groups in total. The van der Waals surface area contributed by atoms with E-state index in [2.05, 4.69) is 10.1 Å². The molecule has 2 aromatic rings. The van der Waals surface area contributed by atoms with Gasteiger partial charge >= 0.3 is 5.69 Å². The molecule has 7 nitrogen and oxygen atoms in total. The summed E-state index contributed by atoms with van der Waals surface area (Å²) in [6.45, 7) is 0. The third kappa shape index (κ3) is 1.47. The molecule has 0 radical (unpaired) electrons. The molecule has 0 aliphatic carbocycles. The van der Waals surface area contributed by atoms with Gasteiger partial charge in [-0.2, -0.15) is 16.4 Å². The number of H-pyrrole nitrogens is 1. The van der Waals surface area contributed by atoms with Gasteiger partial charge < -0.3 is 10.4 Å². The van der Waals surface area contributed by atoms with E-state index in [1.165, 1.54) is 0 Å². The van der Waals surface area contributed by atoms with Gasteiger partial charge in [-0.05, 0) is 12.2 Å². The number of nitrogens with one attached hydrogen (secondary N) is 1. The van der Waals surface area contributed by atoms with Crippen molar-refractivity contribution in [1.82, 2.24) is 14.8 Å². The number of fused-ring (bicyclic) bond motifs is 1. The fourth-order valence-electron chi connectivity index (χ4n) is 2.01. The molecule has 90 valence electrons. The van der Waals surface area contributed by atoms with Gasteiger partial charge in [0.2, 0.25) is 0 Å². The van der Waals surface area contributed by atoms with Crippen molar-refractivity contribution >= 4 is 22.9 Å². The monoisotopic (exact) mass is 254 g/mol. The summed E-state index contributed by atoms with van der Waals surface area (Å²) in [4.78, 5) is 25.2. The number of aromatic nitrogens is 3. The first-order chi connectivity index (χ1) is 8.18. The Morgan fingerprint density at radius 1 is 1.53 bits per heavy atom. The third-order valence-electron chi connectivity index (χ3n) is 2.90. The number of thioether (sulfide) groups is 1. The minimum absolute atomic E-state index is 0.0330. The molecule has 1 atom stereocenters. The van der Waals surface area contributed by atoms with Gasteiger partial charge in [-0.25, -0.2) is 4.79 Å². The highest BCUT2D eigenvalue weighted by molar-refractivity contribution is 7.99. The molecular formula is C9H10N4O3S. The van der Waals surface area contributed by atoms with Crippen molar-refractivity contribution in [3.05, 3.63) is 26.5 Å². The molecule has 3 heterocycles. The average Bonchev–Trinajstić information content (AvgIpc) is 2.94. The molecule has 1 fully saturated rings. The van der Waals surface area contributed by atoms with Crippen LogP contribution in [0.2, 0.25) is 0 Å². The van der Waals surface area contributed by atoms with Crippen molar-refractivity contribution in [3.8, 4) is 0 Å². The van der Waals surface area contributed by atoms with Crippen LogP contribution in [0.5, 0.6) is 0 Å². The van der Waals surface area contributed by atoms with E-state index in [1.54, 1.807) is 0 Å². The van der Waals surface area contributed by atoms with Crippen molar-refractivity contribution in [2.75, 3.05) is 17.3 Å². The Morgan fingerprint density at radius 3 is 3.06 bits per heavy atom. The number of nitrogens with zero attached hydrogens (tertiary/aromatic N) is 2. The van der Waals surface area contributed by atoms with Crippen LogP contribution >= 0.6 is 11.8 Å². The van der Waals surface area contributed by atoms with E-state index in [-0.39, 0.29) is 11.6 Å². The number of rotatable bonds is 1. The summed E-state index contributed by atoms with van der Waals surface area (Å²) in [5.74, 6) is 7.64. The van der Waals surface area contributed by atoms with Crippen LogP contribution in [0.4, 0.5) is 0 Å². The summed E-state index contributed by atoms with van der Waals surface area (Å²) in [7, 11) is 0. The zero-order chi connectivity index (χ0) is 12.0. The number of hydrogen-bond donors (Lipinski definition) is 2. The van der Waals surface area contributed by atoms with Crippen molar-refractivity contribution in [2.45, 2.75) is 12.3 Å². The van der Waals surface area contributed by atoms with Crippen LogP contribution in [0.25, 0.3) is 11.1 Å². The van der Waals surface area contributed by atoms with Crippen molar-refractivity contribution < 1.29 is 4.52 Å². The number of aromatic amines is 1. The Morgan fingerprint density at radius 2 is 2.35 bits per heavy atom. The Balaban J connectivity index is 2.32. The van der Waals surface area contributed by atoms with Gasteiger partial charge in [0.25, 0.3) is 11.3 Å². The summed E-state index contributed by atoms with van der Waals surface area (Å²) < 4.78 is 5.79. The van der Waals surface area contributed by atoms with Crippen LogP contribution in [0.15, 0.2) is 14.1 Å². The van der Waals surface area contributed by atoms with Crippen LogP contribution in [-0.4, -0.2) is 26.3 Å². The summed E-state index contributed by atoms with van der Waals surface area (Å²) in [5.41, 5.74) is -0.554. The Hall–Kier alpha value is -1.70. The number of nitrogens with two attached hydrogens (primary N) is 1. The lowest BCUT2D eigenvalue weighted by Gasteiger charge is -2.02. The second-order valence-corrected chi connectivity index (χ2v) is 5.09. The molecule has 2 aromatic heterocycles. The van der Waals surface area contributed by atoms with Gasteiger partial charge in [0.15, 0.2) is 0 Å². The minimum Gasteiger partial charge on any atom is -0.335 e. The number of nitrogen functional groups attached to an aromatic ring is 1. The Labute approximate surface area is 98.9 Å². The lowest BCUT2D eigenvalue weighted by atomic mass is 10.0. The van der Waals surface area contributed by atoms with E-state index >= 15 is 0 Å². The van der Waals surface area contributed by atoms with Gasteiger partial charge in [0.1, 0.15) is 11.1 Å². The zero-order valence-electron chi connectivity index (χ0n) is 8.80. The highest BCUT2D eigenvalue weighted by atomic mass is 32.2. The minimum atomic E-state index is -0.703. The van der Waals surface area contributed by atoms with Crippen LogP contribution < -0.4 is 17.1 Å². The van der Waals surface area contributed by atoms with E-state index in [0.29, 0.717) is 11.1 Å². The van der Waals surface area contributed by atoms with E-state index in [1.807, 2.05) is 11.8 Å². The topological polar surface area (TPSA) is 107 Å². The van der Waals surface area contributed by atoms with Gasteiger partial charge in [-0.15, -0.1) is 0 Å². The zero-order valence-corrected chi connectivity index (χ0v) is 9.62. The highest BCUT2D eigenvalue weighted by Gasteiger charge is 2.26. The number of hydrogen-bond acceptors (Lipinski definition) is 6. The van der Waals surface area contributed by atoms with Gasteiger partial charge in [-0.3, -0.25) is 9.78 Å². The molecular weight excluding hydrogens is 244 g/mol. The molecule has 0 aromatic carbocycles. The first-order valence-corrected chi connectivity index (χ1v) is 6.31. The molecule has 17 heavy (non-hydrogen) atoms. The third-order valence-corrected chi connectivity index (χ3v) is 4.06. The summed E-state index contributed by atoms with van der Waals surface area (Å²) >= 11 is 1.81. The van der Waals surface area contributed by atoms with E-state index in [4.69, 9.17) is 10.4 Å². The van der Waals surface area contributed by atoms with E-state index in [0.717, 1.165) is 22.6 Å². The molecule has 0 amide bonds. The molecule has 1 saturated heterocycles. The quantitative estimate of drug-likeness (QED) is 0.671. The molecule has 3 rings (SSSR count). The van der Waals surface area contributed by atoms with Gasteiger partial charge in [-0.1, -0.05) is 5.16 Å². The maximum Gasteiger partial charge on any atom is 0.349 e. The smallest absolute Gasteiger partial charge is 0.335 e. The van der Waals surface area contributed by atoms with Crippen molar-refractivity contribution in [3.63, 3.8) is 0 Å². The normalized spacial score (nSPS) is 20.1. The molecule has 0 saturated carbocycles. The average molecular weight is 254 g/mol. The maximum atomic E-state index is 11.8. The predicted molar refractivity (Wildman–Crippen MR) is 63.7 cm³/mol. The summed E-state index contributed by atoms with van der Waals surface area (Å²) in [6.07, 6.45) is 0.954. The van der Waals surface area contributed by atoms with Crippen LogP contribution in [-0.2, 0) is 0 Å². The van der Waals surface area contributed by atoms with Crippen LogP contribution in [0, 0.1) is 0 Å². The van der Waals surface area contributed by atoms with Gasteiger partial charge in [0.05, 0.1) is 0 Å². The lowest BCUT2D eigenvalue weighted by molar-refractivity contribution is 0.424. The standard InChI is InChI=1S/C9H10N4O3S/c10-13-8-5(7(14)11-9(13)15)6(12-16-8)4-1-2-17-3-4/h4H,1-3,10H2,(H,11,14,15). The molecule has 1 unspecified atom stereocenters. The van der Waals surface area contributed by atoms with E-state index < -0.39 is 11.2 Å². The van der Waals surface area contributed by atoms with Crippen LogP contribution in [0.3, 0.4) is 0 Å². The molecule has 1 aliphatic rings. The Bertz CT molecular complexity index is 680. The highest BCUT2D eigenvalue weighted by Crippen LogP contribution is 2.33. The molecule has 1 aliphatic heterocycles. The first-order valence-electron chi connectivity index (χ1n) is 5.16. The van der Waals surface area contributed by atoms with Crippen molar-refractivity contribution in [2.24, 2.45) is 0 Å². The second kappa shape index (κ2) is 3.66. The fraction of sp³-hybridized carbons (Fsp3) is 0.444. The second-order valence-electron chi connectivity index (χ2n) is 3.94. The lowest BCUT2D eigenvalue weighted by Crippen LogP contribution is -2.34. The molecule has 0 bridgehead atoms. The largest absolute Gasteiger partial charge is 0.349 e. The summed E-state index contributed by atoms with van der Waals surface area (Å²) in [6, 6.07) is 0. The predicted octanol–water partition coefficient (Wildman–Crippen LogP) is -0.388. The maximum absolute atomic E-state index is 11.8. The molecule has 8 heteroatoms. The Kier molecular flexibility index (Phi) is 2.25. The van der Waals surface area contributed by atoms with Crippen molar-refractivity contribution in [1.29, 1.82) is 0 Å². The fourth-order valence-corrected chi connectivity index (χ4v) is 3.24. The van der Waals surface area contributed by atoms with Gasteiger partial charge in [0, 0.05) is 11.7 Å². The summed E-state index contributed by atoms with van der Waals surface area (Å²) in [5, 5.41) is 4.18. The SMILES string of the molecule is Nn1c(=O)[nH]c(=O)c2c(C3CCSC3)noc21. The van der Waals surface area contributed by atoms with Crippen LogP contribution in [0.1, 0.15) is 18.0 Å². The van der Waals surface area contributed by atoms with E-state index in [9.17, 15) is 9.59 Å².